The number of carbonyl (C=O) groups is 2. The van der Waals surface area contributed by atoms with E-state index in [1.165, 1.54) is 0 Å². The molecule has 0 spiro atoms. The Morgan fingerprint density at radius 3 is 2.39 bits per heavy atom. The van der Waals surface area contributed by atoms with Crippen molar-refractivity contribution in [1.29, 1.82) is 0 Å². The monoisotopic (exact) mass is 249 g/mol. The zero-order valence-electron chi connectivity index (χ0n) is 10.8. The van der Waals surface area contributed by atoms with Crippen LogP contribution >= 0.6 is 0 Å². The summed E-state index contributed by atoms with van der Waals surface area (Å²) in [5.41, 5.74) is 6.48. The fraction of sp³-hybridized carbons (Fsp3) is 0.385. The molecule has 0 saturated carbocycles. The number of benzene rings is 1. The molecule has 0 radical (unpaired) electrons. The normalized spacial score (nSPS) is 9.89. The summed E-state index contributed by atoms with van der Waals surface area (Å²) in [6, 6.07) is 6.78. The number of amides is 2. The molecule has 1 rings (SSSR count). The Kier molecular flexibility index (Phi) is 5.17. The zero-order chi connectivity index (χ0) is 13.5. The quantitative estimate of drug-likeness (QED) is 0.760. The second kappa shape index (κ2) is 6.64. The van der Waals surface area contributed by atoms with Crippen LogP contribution < -0.4 is 11.1 Å². The van der Waals surface area contributed by atoms with Gasteiger partial charge in [-0.2, -0.15) is 0 Å². The fourth-order valence-corrected chi connectivity index (χ4v) is 1.64. The molecule has 0 aromatic heterocycles. The predicted octanol–water partition coefficient (Wildman–Crippen LogP) is 0.867. The SMILES string of the molecule is CCN(CC)C(=O)CNC(=O)c1ccccc1N. The number of carbonyl (C=O) groups excluding carboxylic acids is 2. The lowest BCUT2D eigenvalue weighted by atomic mass is 10.1. The van der Waals surface area contributed by atoms with Gasteiger partial charge in [-0.3, -0.25) is 9.59 Å². The van der Waals surface area contributed by atoms with Crippen LogP contribution in [0.1, 0.15) is 24.2 Å². The minimum Gasteiger partial charge on any atom is -0.398 e. The third kappa shape index (κ3) is 3.48. The van der Waals surface area contributed by atoms with Crippen molar-refractivity contribution in [2.75, 3.05) is 25.4 Å². The first-order valence-electron chi connectivity index (χ1n) is 6.00. The number of nitrogens with two attached hydrogens (primary N) is 1. The van der Waals surface area contributed by atoms with Gasteiger partial charge < -0.3 is 16.0 Å². The summed E-state index contributed by atoms with van der Waals surface area (Å²) in [5.74, 6) is -0.420. The molecular formula is C13H19N3O2. The molecule has 5 heteroatoms. The van der Waals surface area contributed by atoms with Crippen molar-refractivity contribution in [2.45, 2.75) is 13.8 Å². The van der Waals surface area contributed by atoms with Gasteiger partial charge in [-0.1, -0.05) is 12.1 Å². The van der Waals surface area contributed by atoms with E-state index < -0.39 is 0 Å². The van der Waals surface area contributed by atoms with E-state index in [0.717, 1.165) is 0 Å². The fourth-order valence-electron chi connectivity index (χ4n) is 1.64. The van der Waals surface area contributed by atoms with Crippen molar-refractivity contribution in [3.8, 4) is 0 Å². The summed E-state index contributed by atoms with van der Waals surface area (Å²) in [6.07, 6.45) is 0. The number of nitrogens with one attached hydrogen (secondary N) is 1. The van der Waals surface area contributed by atoms with Crippen LogP contribution in [0.3, 0.4) is 0 Å². The Morgan fingerprint density at radius 1 is 1.22 bits per heavy atom. The molecule has 0 saturated heterocycles. The van der Waals surface area contributed by atoms with Crippen LogP contribution in [-0.4, -0.2) is 36.3 Å². The van der Waals surface area contributed by atoms with E-state index in [0.29, 0.717) is 24.3 Å². The highest BCUT2D eigenvalue weighted by Crippen LogP contribution is 2.09. The molecule has 0 bridgehead atoms. The Bertz CT molecular complexity index is 428. The molecule has 0 heterocycles. The number of hydrogen-bond donors (Lipinski definition) is 2. The van der Waals surface area contributed by atoms with Crippen LogP contribution in [0.25, 0.3) is 0 Å². The van der Waals surface area contributed by atoms with Crippen molar-refractivity contribution < 1.29 is 9.59 Å². The van der Waals surface area contributed by atoms with Crippen molar-refractivity contribution in [2.24, 2.45) is 0 Å². The molecule has 0 unspecified atom stereocenters. The molecular weight excluding hydrogens is 230 g/mol. The van der Waals surface area contributed by atoms with Crippen molar-refractivity contribution in [1.82, 2.24) is 10.2 Å². The molecule has 0 fully saturated rings. The van der Waals surface area contributed by atoms with Crippen LogP contribution in [0, 0.1) is 0 Å². The second-order valence-corrected chi connectivity index (χ2v) is 3.84. The molecule has 0 aliphatic heterocycles. The van der Waals surface area contributed by atoms with Crippen molar-refractivity contribution in [3.63, 3.8) is 0 Å². The molecule has 0 aliphatic carbocycles. The predicted molar refractivity (Wildman–Crippen MR) is 71.1 cm³/mol. The van der Waals surface area contributed by atoms with E-state index in [2.05, 4.69) is 5.32 Å². The third-order valence-corrected chi connectivity index (χ3v) is 2.72. The Balaban J connectivity index is 2.57. The second-order valence-electron chi connectivity index (χ2n) is 3.84. The highest BCUT2D eigenvalue weighted by molar-refractivity contribution is 6.00. The average Bonchev–Trinajstić information content (AvgIpc) is 2.38. The number of nitrogen functional groups attached to an aromatic ring is 1. The highest BCUT2D eigenvalue weighted by atomic mass is 16.2. The lowest BCUT2D eigenvalue weighted by Gasteiger charge is -2.18. The maximum absolute atomic E-state index is 11.8. The van der Waals surface area contributed by atoms with Gasteiger partial charge in [0.1, 0.15) is 0 Å². The number of nitrogens with zero attached hydrogens (tertiary/aromatic N) is 1. The third-order valence-electron chi connectivity index (χ3n) is 2.72. The average molecular weight is 249 g/mol. The summed E-state index contributed by atoms with van der Waals surface area (Å²) < 4.78 is 0. The number of para-hydroxylation sites is 1. The van der Waals surface area contributed by atoms with Crippen molar-refractivity contribution >= 4 is 17.5 Å². The number of likely N-dealkylation sites (N-methyl/N-ethyl adjacent to an activating group) is 1. The maximum Gasteiger partial charge on any atom is 0.253 e. The van der Waals surface area contributed by atoms with E-state index in [4.69, 9.17) is 5.73 Å². The van der Waals surface area contributed by atoms with Crippen LogP contribution in [0.5, 0.6) is 0 Å². The van der Waals surface area contributed by atoms with Gasteiger partial charge in [0.25, 0.3) is 5.91 Å². The van der Waals surface area contributed by atoms with Gasteiger partial charge in [0, 0.05) is 18.8 Å². The van der Waals surface area contributed by atoms with E-state index >= 15 is 0 Å². The smallest absolute Gasteiger partial charge is 0.253 e. The van der Waals surface area contributed by atoms with Gasteiger partial charge in [-0.15, -0.1) is 0 Å². The summed E-state index contributed by atoms with van der Waals surface area (Å²) in [6.45, 7) is 5.07. The summed E-state index contributed by atoms with van der Waals surface area (Å²) in [5, 5.41) is 2.58. The molecule has 1 aromatic carbocycles. The largest absolute Gasteiger partial charge is 0.398 e. The number of rotatable bonds is 5. The molecule has 3 N–H and O–H groups in total. The van der Waals surface area contributed by atoms with E-state index in [1.54, 1.807) is 29.2 Å². The van der Waals surface area contributed by atoms with Gasteiger partial charge in [0.2, 0.25) is 5.91 Å². The van der Waals surface area contributed by atoms with Gasteiger partial charge in [0.05, 0.1) is 12.1 Å². The van der Waals surface area contributed by atoms with Gasteiger partial charge in [-0.25, -0.2) is 0 Å². The Labute approximate surface area is 107 Å². The maximum atomic E-state index is 11.8. The van der Waals surface area contributed by atoms with Crippen LogP contribution in [0.4, 0.5) is 5.69 Å². The lowest BCUT2D eigenvalue weighted by Crippen LogP contribution is -2.40. The van der Waals surface area contributed by atoms with E-state index in [-0.39, 0.29) is 18.4 Å². The van der Waals surface area contributed by atoms with Crippen molar-refractivity contribution in [3.05, 3.63) is 29.8 Å². The summed E-state index contributed by atoms with van der Waals surface area (Å²) >= 11 is 0. The molecule has 2 amide bonds. The Hall–Kier alpha value is -2.04. The van der Waals surface area contributed by atoms with Gasteiger partial charge in [0.15, 0.2) is 0 Å². The first-order chi connectivity index (χ1) is 8.60. The summed E-state index contributed by atoms with van der Waals surface area (Å²) in [7, 11) is 0. The highest BCUT2D eigenvalue weighted by Gasteiger charge is 2.13. The van der Waals surface area contributed by atoms with Crippen LogP contribution in [-0.2, 0) is 4.79 Å². The van der Waals surface area contributed by atoms with Gasteiger partial charge >= 0.3 is 0 Å². The first-order valence-corrected chi connectivity index (χ1v) is 6.00. The topological polar surface area (TPSA) is 75.4 Å². The molecule has 1 aromatic rings. The summed E-state index contributed by atoms with van der Waals surface area (Å²) in [4.78, 5) is 25.2. The number of hydrogen-bond acceptors (Lipinski definition) is 3. The standard InChI is InChI=1S/C13H19N3O2/c1-3-16(4-2)12(17)9-15-13(18)10-7-5-6-8-11(10)14/h5-8H,3-4,9,14H2,1-2H3,(H,15,18). The lowest BCUT2D eigenvalue weighted by molar-refractivity contribution is -0.129. The van der Waals surface area contributed by atoms with E-state index in [9.17, 15) is 9.59 Å². The van der Waals surface area contributed by atoms with Gasteiger partial charge in [-0.05, 0) is 26.0 Å². The Morgan fingerprint density at radius 2 is 1.83 bits per heavy atom. The molecule has 98 valence electrons. The van der Waals surface area contributed by atoms with E-state index in [1.807, 2.05) is 13.8 Å². The molecule has 0 aliphatic rings. The molecule has 0 atom stereocenters. The first kappa shape index (κ1) is 14.0. The zero-order valence-corrected chi connectivity index (χ0v) is 10.8. The minimum atomic E-state index is -0.325. The number of anilines is 1. The van der Waals surface area contributed by atoms with Crippen LogP contribution in [0.2, 0.25) is 0 Å². The molecule has 18 heavy (non-hydrogen) atoms. The van der Waals surface area contributed by atoms with Crippen LogP contribution in [0.15, 0.2) is 24.3 Å². The molecule has 5 nitrogen and oxygen atoms in total. The minimum absolute atomic E-state index is 0.00511.